The molecule has 3 aromatic rings. The van der Waals surface area contributed by atoms with Crippen LogP contribution in [0.3, 0.4) is 0 Å². The lowest BCUT2D eigenvalue weighted by atomic mass is 10.2. The Labute approximate surface area is 133 Å². The first kappa shape index (κ1) is 14.9. The molecule has 0 atom stereocenters. The van der Waals surface area contributed by atoms with Gasteiger partial charge >= 0.3 is 0 Å². The number of ether oxygens (including phenoxy) is 2. The van der Waals surface area contributed by atoms with E-state index in [2.05, 4.69) is 9.97 Å². The van der Waals surface area contributed by atoms with E-state index >= 15 is 0 Å². The number of nitrogens with zero attached hydrogens (tertiary/aromatic N) is 1. The van der Waals surface area contributed by atoms with Crippen LogP contribution in [0.2, 0.25) is 0 Å². The number of aromatic nitrogens is 2. The fraction of sp³-hybridized carbons (Fsp3) is 0.176. The normalized spacial score (nSPS) is 10.7. The third-order valence-electron chi connectivity index (χ3n) is 3.38. The van der Waals surface area contributed by atoms with E-state index < -0.39 is 5.91 Å². The number of nitrogens with two attached hydrogens (primary N) is 1. The van der Waals surface area contributed by atoms with Crippen LogP contribution >= 0.6 is 0 Å². The Morgan fingerprint density at radius 1 is 1.22 bits per heavy atom. The number of carbonyl (C=O) groups excluding carboxylic acids is 1. The third-order valence-corrected chi connectivity index (χ3v) is 3.38. The highest BCUT2D eigenvalue weighted by molar-refractivity contribution is 5.80. The Kier molecular flexibility index (Phi) is 4.14. The first-order chi connectivity index (χ1) is 11.1. The van der Waals surface area contributed by atoms with Crippen LogP contribution in [-0.4, -0.2) is 23.0 Å². The van der Waals surface area contributed by atoms with Crippen molar-refractivity contribution in [2.75, 3.05) is 7.11 Å². The number of fused-ring (bicyclic) bond motifs is 1. The van der Waals surface area contributed by atoms with Crippen LogP contribution < -0.4 is 15.2 Å². The molecule has 3 rings (SSSR count). The van der Waals surface area contributed by atoms with Gasteiger partial charge < -0.3 is 20.2 Å². The summed E-state index contributed by atoms with van der Waals surface area (Å²) in [6.07, 6.45) is 0.0919. The zero-order valence-corrected chi connectivity index (χ0v) is 12.7. The number of benzene rings is 2. The first-order valence-electron chi connectivity index (χ1n) is 7.17. The fourth-order valence-corrected chi connectivity index (χ4v) is 2.31. The SMILES string of the molecule is COc1cccc(COc2ccc3nc(CC(N)=O)[nH]c3c2)c1. The molecule has 0 radical (unpaired) electrons. The Bertz CT molecular complexity index is 842. The second-order valence-corrected chi connectivity index (χ2v) is 5.15. The van der Waals surface area contributed by atoms with E-state index in [-0.39, 0.29) is 6.42 Å². The van der Waals surface area contributed by atoms with E-state index in [1.165, 1.54) is 0 Å². The fourth-order valence-electron chi connectivity index (χ4n) is 2.31. The number of amides is 1. The molecule has 1 heterocycles. The van der Waals surface area contributed by atoms with Gasteiger partial charge in [0, 0.05) is 6.07 Å². The van der Waals surface area contributed by atoms with Crippen LogP contribution in [0.25, 0.3) is 11.0 Å². The molecule has 0 fully saturated rings. The molecule has 23 heavy (non-hydrogen) atoms. The molecule has 1 amide bonds. The Morgan fingerprint density at radius 3 is 2.87 bits per heavy atom. The zero-order valence-electron chi connectivity index (χ0n) is 12.7. The van der Waals surface area contributed by atoms with Gasteiger partial charge in [-0.05, 0) is 29.8 Å². The molecule has 0 spiro atoms. The van der Waals surface area contributed by atoms with Gasteiger partial charge in [0.05, 0.1) is 24.6 Å². The van der Waals surface area contributed by atoms with Crippen LogP contribution in [0.1, 0.15) is 11.4 Å². The summed E-state index contributed by atoms with van der Waals surface area (Å²) in [5, 5.41) is 0. The predicted molar refractivity (Wildman–Crippen MR) is 86.3 cm³/mol. The van der Waals surface area contributed by atoms with Crippen LogP contribution in [0.15, 0.2) is 42.5 Å². The number of H-pyrrole nitrogens is 1. The number of aromatic amines is 1. The van der Waals surface area contributed by atoms with Gasteiger partial charge in [-0.2, -0.15) is 0 Å². The maximum absolute atomic E-state index is 11.0. The molecular weight excluding hydrogens is 294 g/mol. The van der Waals surface area contributed by atoms with Gasteiger partial charge in [-0.25, -0.2) is 4.98 Å². The van der Waals surface area contributed by atoms with E-state index in [1.807, 2.05) is 42.5 Å². The maximum atomic E-state index is 11.0. The predicted octanol–water partition coefficient (Wildman–Crippen LogP) is 2.18. The van der Waals surface area contributed by atoms with Crippen molar-refractivity contribution < 1.29 is 14.3 Å². The van der Waals surface area contributed by atoms with E-state index in [0.717, 1.165) is 28.1 Å². The molecule has 1 aromatic heterocycles. The summed E-state index contributed by atoms with van der Waals surface area (Å²) < 4.78 is 11.0. The van der Waals surface area contributed by atoms with Gasteiger partial charge in [-0.3, -0.25) is 4.79 Å². The van der Waals surface area contributed by atoms with Crippen LogP contribution in [-0.2, 0) is 17.8 Å². The van der Waals surface area contributed by atoms with Crippen molar-refractivity contribution in [1.29, 1.82) is 0 Å². The number of rotatable bonds is 6. The monoisotopic (exact) mass is 311 g/mol. The minimum Gasteiger partial charge on any atom is -0.497 e. The summed E-state index contributed by atoms with van der Waals surface area (Å²) in [5.74, 6) is 1.65. The van der Waals surface area contributed by atoms with E-state index in [4.69, 9.17) is 15.2 Å². The van der Waals surface area contributed by atoms with Crippen molar-refractivity contribution in [3.63, 3.8) is 0 Å². The highest BCUT2D eigenvalue weighted by Crippen LogP contribution is 2.21. The van der Waals surface area contributed by atoms with E-state index in [9.17, 15) is 4.79 Å². The molecule has 0 saturated carbocycles. The number of methoxy groups -OCH3 is 1. The molecule has 0 unspecified atom stereocenters. The molecule has 118 valence electrons. The minimum atomic E-state index is -0.418. The van der Waals surface area contributed by atoms with Gasteiger partial charge in [-0.1, -0.05) is 12.1 Å². The van der Waals surface area contributed by atoms with Gasteiger partial charge in [0.15, 0.2) is 0 Å². The van der Waals surface area contributed by atoms with Crippen molar-refractivity contribution in [3.8, 4) is 11.5 Å². The number of nitrogens with one attached hydrogen (secondary N) is 1. The first-order valence-corrected chi connectivity index (χ1v) is 7.17. The van der Waals surface area contributed by atoms with Crippen molar-refractivity contribution in [2.45, 2.75) is 13.0 Å². The van der Waals surface area contributed by atoms with Gasteiger partial charge in [0.2, 0.25) is 5.91 Å². The quantitative estimate of drug-likeness (QED) is 0.730. The van der Waals surface area contributed by atoms with Gasteiger partial charge in [-0.15, -0.1) is 0 Å². The topological polar surface area (TPSA) is 90.2 Å². The third kappa shape index (κ3) is 3.60. The number of primary amides is 1. The van der Waals surface area contributed by atoms with Gasteiger partial charge in [0.1, 0.15) is 23.9 Å². The number of hydrogen-bond acceptors (Lipinski definition) is 4. The maximum Gasteiger partial charge on any atom is 0.225 e. The Morgan fingerprint density at radius 2 is 2.09 bits per heavy atom. The second-order valence-electron chi connectivity index (χ2n) is 5.15. The largest absolute Gasteiger partial charge is 0.497 e. The molecule has 3 N–H and O–H groups in total. The number of carbonyl (C=O) groups is 1. The molecule has 0 bridgehead atoms. The molecule has 0 aliphatic carbocycles. The average Bonchev–Trinajstić information content (AvgIpc) is 2.93. The summed E-state index contributed by atoms with van der Waals surface area (Å²) in [6.45, 7) is 0.436. The van der Waals surface area contributed by atoms with Crippen LogP contribution in [0.4, 0.5) is 0 Å². The number of hydrogen-bond donors (Lipinski definition) is 2. The smallest absolute Gasteiger partial charge is 0.225 e. The highest BCUT2D eigenvalue weighted by atomic mass is 16.5. The lowest BCUT2D eigenvalue weighted by Gasteiger charge is -2.07. The summed E-state index contributed by atoms with van der Waals surface area (Å²) in [5.41, 5.74) is 7.78. The lowest BCUT2D eigenvalue weighted by Crippen LogP contribution is -2.14. The molecule has 2 aromatic carbocycles. The number of imidazole rings is 1. The van der Waals surface area contributed by atoms with Gasteiger partial charge in [0.25, 0.3) is 0 Å². The van der Waals surface area contributed by atoms with Crippen molar-refractivity contribution in [3.05, 3.63) is 53.9 Å². The zero-order chi connectivity index (χ0) is 16.2. The average molecular weight is 311 g/mol. The van der Waals surface area contributed by atoms with Crippen LogP contribution in [0, 0.1) is 0 Å². The molecule has 0 aliphatic heterocycles. The standard InChI is InChI=1S/C17H17N3O3/c1-22-12-4-2-3-11(7-12)10-23-13-5-6-14-15(8-13)20-17(19-14)9-16(18)21/h2-8H,9-10H2,1H3,(H2,18,21)(H,19,20). The molecular formula is C17H17N3O3. The highest BCUT2D eigenvalue weighted by Gasteiger charge is 2.07. The molecule has 0 saturated heterocycles. The summed E-state index contributed by atoms with van der Waals surface area (Å²) in [6, 6.07) is 13.3. The van der Waals surface area contributed by atoms with Crippen molar-refractivity contribution >= 4 is 16.9 Å². The van der Waals surface area contributed by atoms with Crippen molar-refractivity contribution in [1.82, 2.24) is 9.97 Å². The molecule has 0 aliphatic rings. The summed E-state index contributed by atoms with van der Waals surface area (Å²) in [4.78, 5) is 18.3. The Balaban J connectivity index is 1.73. The van der Waals surface area contributed by atoms with Crippen LogP contribution in [0.5, 0.6) is 11.5 Å². The minimum absolute atomic E-state index is 0.0919. The second kappa shape index (κ2) is 6.39. The summed E-state index contributed by atoms with van der Waals surface area (Å²) >= 11 is 0. The lowest BCUT2D eigenvalue weighted by molar-refractivity contribution is -0.117. The van der Waals surface area contributed by atoms with E-state index in [1.54, 1.807) is 7.11 Å². The Hall–Kier alpha value is -3.02. The van der Waals surface area contributed by atoms with Crippen molar-refractivity contribution in [2.24, 2.45) is 5.73 Å². The summed E-state index contributed by atoms with van der Waals surface area (Å²) in [7, 11) is 1.63. The molecule has 6 heteroatoms. The van der Waals surface area contributed by atoms with E-state index in [0.29, 0.717) is 12.4 Å². The molecule has 6 nitrogen and oxygen atoms in total.